The lowest BCUT2D eigenvalue weighted by molar-refractivity contribution is -0.385. The molecule has 0 saturated heterocycles. The van der Waals surface area contributed by atoms with Gasteiger partial charge >= 0.3 is 5.97 Å². The average Bonchev–Trinajstić information content (AvgIpc) is 3.07. The van der Waals surface area contributed by atoms with Crippen molar-refractivity contribution in [1.82, 2.24) is 0 Å². The average molecular weight is 384 g/mol. The Morgan fingerprint density at radius 3 is 2.29 bits per heavy atom. The molecule has 9 heteroatoms. The summed E-state index contributed by atoms with van der Waals surface area (Å²) in [5, 5.41) is 11.2. The molecule has 2 aromatic carbocycles. The third-order valence-electron chi connectivity index (χ3n) is 3.94. The molecule has 0 spiro atoms. The number of nitro benzene ring substituents is 1. The van der Waals surface area contributed by atoms with Crippen LogP contribution < -0.4 is 14.2 Å². The number of nitrogens with zero attached hydrogens (tertiary/aromatic N) is 2. The third kappa shape index (κ3) is 3.50. The number of esters is 1. The van der Waals surface area contributed by atoms with E-state index in [1.807, 2.05) is 0 Å². The van der Waals surface area contributed by atoms with Gasteiger partial charge in [-0.1, -0.05) is 12.1 Å². The van der Waals surface area contributed by atoms with Crippen molar-refractivity contribution < 1.29 is 28.7 Å². The highest BCUT2D eigenvalue weighted by Crippen LogP contribution is 2.39. The summed E-state index contributed by atoms with van der Waals surface area (Å²) in [6.45, 7) is 0. The predicted molar refractivity (Wildman–Crippen MR) is 99.8 cm³/mol. The molecule has 0 fully saturated rings. The summed E-state index contributed by atoms with van der Waals surface area (Å²) in [4.78, 5) is 27.0. The Bertz CT molecular complexity index is 986. The van der Waals surface area contributed by atoms with Gasteiger partial charge in [-0.25, -0.2) is 9.79 Å². The number of rotatable bonds is 6. The van der Waals surface area contributed by atoms with Crippen LogP contribution in [0.2, 0.25) is 0 Å². The zero-order valence-corrected chi connectivity index (χ0v) is 15.3. The number of nitro groups is 1. The van der Waals surface area contributed by atoms with Crippen LogP contribution in [0.15, 0.2) is 47.1 Å². The van der Waals surface area contributed by atoms with Gasteiger partial charge in [0.05, 0.1) is 26.3 Å². The molecule has 0 radical (unpaired) electrons. The van der Waals surface area contributed by atoms with Crippen molar-refractivity contribution >= 4 is 23.6 Å². The van der Waals surface area contributed by atoms with Crippen molar-refractivity contribution in [2.24, 2.45) is 4.99 Å². The smallest absolute Gasteiger partial charge is 0.363 e. The van der Waals surface area contributed by atoms with Gasteiger partial charge in [-0.05, 0) is 29.8 Å². The number of methoxy groups -OCH3 is 3. The summed E-state index contributed by atoms with van der Waals surface area (Å²) in [5.41, 5.74) is 0.452. The largest absolute Gasteiger partial charge is 0.493 e. The maximum Gasteiger partial charge on any atom is 0.363 e. The zero-order valence-electron chi connectivity index (χ0n) is 15.3. The van der Waals surface area contributed by atoms with Crippen LogP contribution in [0.5, 0.6) is 17.2 Å². The fourth-order valence-electron chi connectivity index (χ4n) is 2.68. The molecule has 1 aliphatic rings. The molecule has 0 saturated carbocycles. The van der Waals surface area contributed by atoms with Gasteiger partial charge in [0.1, 0.15) is 5.56 Å². The number of hydrogen-bond acceptors (Lipinski definition) is 8. The highest BCUT2D eigenvalue weighted by molar-refractivity contribution is 6.14. The van der Waals surface area contributed by atoms with Crippen LogP contribution in [0.3, 0.4) is 0 Å². The lowest BCUT2D eigenvalue weighted by Gasteiger charge is -2.12. The van der Waals surface area contributed by atoms with E-state index in [4.69, 9.17) is 18.9 Å². The summed E-state index contributed by atoms with van der Waals surface area (Å²) in [7, 11) is 4.43. The number of benzene rings is 2. The Balaban J connectivity index is 2.04. The molecule has 0 bridgehead atoms. The summed E-state index contributed by atoms with van der Waals surface area (Å²) in [5.74, 6) is 0.370. The number of ether oxygens (including phenoxy) is 4. The van der Waals surface area contributed by atoms with Gasteiger partial charge in [-0.15, -0.1) is 0 Å². The van der Waals surface area contributed by atoms with Crippen LogP contribution in [0.1, 0.15) is 11.1 Å². The second-order valence-electron chi connectivity index (χ2n) is 5.57. The number of cyclic esters (lactones) is 1. The van der Waals surface area contributed by atoms with E-state index >= 15 is 0 Å². The van der Waals surface area contributed by atoms with E-state index in [9.17, 15) is 14.9 Å². The van der Waals surface area contributed by atoms with Crippen molar-refractivity contribution in [3.05, 3.63) is 63.3 Å². The van der Waals surface area contributed by atoms with E-state index in [0.717, 1.165) is 0 Å². The van der Waals surface area contributed by atoms with Gasteiger partial charge in [0.2, 0.25) is 11.6 Å². The highest BCUT2D eigenvalue weighted by atomic mass is 16.6. The van der Waals surface area contributed by atoms with E-state index < -0.39 is 10.9 Å². The molecule has 1 heterocycles. The van der Waals surface area contributed by atoms with Gasteiger partial charge in [-0.3, -0.25) is 10.1 Å². The van der Waals surface area contributed by atoms with E-state index in [1.165, 1.54) is 45.6 Å². The maximum atomic E-state index is 12.2. The molecule has 28 heavy (non-hydrogen) atoms. The van der Waals surface area contributed by atoms with Gasteiger partial charge in [0, 0.05) is 6.07 Å². The first-order valence-electron chi connectivity index (χ1n) is 8.04. The van der Waals surface area contributed by atoms with E-state index in [-0.39, 0.29) is 22.8 Å². The second-order valence-corrected chi connectivity index (χ2v) is 5.57. The van der Waals surface area contributed by atoms with Crippen LogP contribution in [-0.2, 0) is 9.53 Å². The van der Waals surface area contributed by atoms with Crippen molar-refractivity contribution in [3.8, 4) is 17.2 Å². The second kappa shape index (κ2) is 7.78. The number of carbonyl (C=O) groups excluding carboxylic acids is 1. The van der Waals surface area contributed by atoms with E-state index in [0.29, 0.717) is 22.8 Å². The molecule has 0 amide bonds. The number of aliphatic imine (C=N–C) groups is 1. The van der Waals surface area contributed by atoms with Gasteiger partial charge in [-0.2, -0.15) is 0 Å². The van der Waals surface area contributed by atoms with Crippen molar-refractivity contribution in [2.75, 3.05) is 21.3 Å². The third-order valence-corrected chi connectivity index (χ3v) is 3.94. The molecule has 3 rings (SSSR count). The maximum absolute atomic E-state index is 12.2. The molecule has 2 aromatic rings. The summed E-state index contributed by atoms with van der Waals surface area (Å²) in [6.07, 6.45) is 1.47. The van der Waals surface area contributed by atoms with Crippen molar-refractivity contribution in [1.29, 1.82) is 0 Å². The molecule has 9 nitrogen and oxygen atoms in total. The molecule has 0 N–H and O–H groups in total. The van der Waals surface area contributed by atoms with Gasteiger partial charge in [0.25, 0.3) is 5.69 Å². The van der Waals surface area contributed by atoms with Crippen LogP contribution in [0.25, 0.3) is 6.08 Å². The summed E-state index contributed by atoms with van der Waals surface area (Å²) in [6, 6.07) is 9.17. The fraction of sp³-hybridized carbons (Fsp3) is 0.158. The first kappa shape index (κ1) is 18.9. The lowest BCUT2D eigenvalue weighted by Crippen LogP contribution is -2.07. The number of para-hydroxylation sites is 1. The molecule has 0 atom stereocenters. The standard InChI is InChI=1S/C19H16N2O7/c1-25-15-9-11(10-16(26-2)17(15)27-3)8-13-19(22)28-18(20-13)12-6-4-5-7-14(12)21(23)24/h4-10H,1-3H3/b13-8-. The predicted octanol–water partition coefficient (Wildman–Crippen LogP) is 2.97. The molecule has 144 valence electrons. The summed E-state index contributed by atoms with van der Waals surface area (Å²) < 4.78 is 21.0. The Labute approximate surface area is 160 Å². The Morgan fingerprint density at radius 1 is 1.07 bits per heavy atom. The Hall–Kier alpha value is -3.88. The van der Waals surface area contributed by atoms with Gasteiger partial charge < -0.3 is 18.9 Å². The van der Waals surface area contributed by atoms with Crippen molar-refractivity contribution in [3.63, 3.8) is 0 Å². The minimum atomic E-state index is -0.720. The minimum absolute atomic E-state index is 0.0116. The first-order chi connectivity index (χ1) is 13.5. The fourth-order valence-corrected chi connectivity index (χ4v) is 2.68. The number of carbonyl (C=O) groups is 1. The molecule has 1 aliphatic heterocycles. The molecule has 0 aliphatic carbocycles. The first-order valence-corrected chi connectivity index (χ1v) is 8.04. The SMILES string of the molecule is COc1cc(/C=C2\N=C(c3ccccc3[N+](=O)[O-])OC2=O)cc(OC)c1OC. The van der Waals surface area contributed by atoms with Crippen LogP contribution in [0.4, 0.5) is 5.69 Å². The van der Waals surface area contributed by atoms with E-state index in [1.54, 1.807) is 18.2 Å². The summed E-state index contributed by atoms with van der Waals surface area (Å²) >= 11 is 0. The lowest BCUT2D eigenvalue weighted by atomic mass is 10.1. The normalized spacial score (nSPS) is 14.5. The highest BCUT2D eigenvalue weighted by Gasteiger charge is 2.29. The van der Waals surface area contributed by atoms with Crippen LogP contribution in [-0.4, -0.2) is 38.1 Å². The monoisotopic (exact) mass is 384 g/mol. The minimum Gasteiger partial charge on any atom is -0.493 e. The molecular weight excluding hydrogens is 368 g/mol. The van der Waals surface area contributed by atoms with Crippen LogP contribution in [0, 0.1) is 10.1 Å². The molecule has 0 unspecified atom stereocenters. The zero-order chi connectivity index (χ0) is 20.3. The van der Waals surface area contributed by atoms with Crippen LogP contribution >= 0.6 is 0 Å². The van der Waals surface area contributed by atoms with Gasteiger partial charge in [0.15, 0.2) is 17.2 Å². The molecule has 0 aromatic heterocycles. The van der Waals surface area contributed by atoms with E-state index in [2.05, 4.69) is 4.99 Å². The van der Waals surface area contributed by atoms with Crippen molar-refractivity contribution in [2.45, 2.75) is 0 Å². The quantitative estimate of drug-likeness (QED) is 0.326. The molecular formula is C19H16N2O7. The Morgan fingerprint density at radius 2 is 1.71 bits per heavy atom. The Kier molecular flexibility index (Phi) is 5.25. The number of hydrogen-bond donors (Lipinski definition) is 0. The topological polar surface area (TPSA) is 109 Å².